The predicted octanol–water partition coefficient (Wildman–Crippen LogP) is 1.76. The average molecular weight is 293 g/mol. The van der Waals surface area contributed by atoms with Crippen molar-refractivity contribution in [3.8, 4) is 0 Å². The number of Topliss-reactive ketones (excluding diaryl/α,β-unsaturated/α-hetero) is 1. The van der Waals surface area contributed by atoms with Gasteiger partial charge in [0.05, 0.1) is 11.5 Å². The lowest BCUT2D eigenvalue weighted by Crippen LogP contribution is -2.16. The summed E-state index contributed by atoms with van der Waals surface area (Å²) in [7, 11) is 1.46. The highest BCUT2D eigenvalue weighted by Gasteiger charge is 2.16. The zero-order valence-electron chi connectivity index (χ0n) is 11.7. The molecule has 0 unspecified atom stereocenters. The zero-order valence-corrected chi connectivity index (χ0v) is 11.7. The monoisotopic (exact) mass is 293 g/mol. The number of nitro benzene ring substituents is 1. The van der Waals surface area contributed by atoms with E-state index in [-0.39, 0.29) is 24.5 Å². The van der Waals surface area contributed by atoms with Gasteiger partial charge < -0.3 is 9.47 Å². The quantitative estimate of drug-likeness (QED) is 0.144. The zero-order chi connectivity index (χ0) is 15.8. The molecule has 0 aromatic heterocycles. The Balaban J connectivity index is 2.91. The van der Waals surface area contributed by atoms with E-state index in [4.69, 9.17) is 9.47 Å². The summed E-state index contributed by atoms with van der Waals surface area (Å²) in [4.78, 5) is 33.3. The largest absolute Gasteiger partial charge is 0.460 e. The molecule has 0 aliphatic rings. The van der Waals surface area contributed by atoms with Crippen LogP contribution in [0.2, 0.25) is 0 Å². The van der Waals surface area contributed by atoms with Gasteiger partial charge in [0.15, 0.2) is 5.78 Å². The number of ketones is 1. The predicted molar refractivity (Wildman–Crippen MR) is 74.6 cm³/mol. The number of hydrogen-bond donors (Lipinski definition) is 0. The average Bonchev–Trinajstić information content (AvgIpc) is 2.45. The van der Waals surface area contributed by atoms with Gasteiger partial charge in [-0.05, 0) is 30.7 Å². The number of methoxy groups -OCH3 is 1. The Hall–Kier alpha value is -2.54. The molecule has 0 saturated carbocycles. The summed E-state index contributed by atoms with van der Waals surface area (Å²) >= 11 is 0. The van der Waals surface area contributed by atoms with E-state index < -0.39 is 16.7 Å². The third-order valence-corrected chi connectivity index (χ3v) is 2.53. The second-order valence-electron chi connectivity index (χ2n) is 4.09. The van der Waals surface area contributed by atoms with Gasteiger partial charge in [-0.2, -0.15) is 0 Å². The summed E-state index contributed by atoms with van der Waals surface area (Å²) in [6.45, 7) is 1.52. The van der Waals surface area contributed by atoms with Crippen molar-refractivity contribution in [2.75, 3.05) is 20.3 Å². The van der Waals surface area contributed by atoms with E-state index in [1.807, 2.05) is 0 Å². The van der Waals surface area contributed by atoms with Crippen molar-refractivity contribution in [3.63, 3.8) is 0 Å². The van der Waals surface area contributed by atoms with Crippen molar-refractivity contribution in [1.82, 2.24) is 0 Å². The number of non-ortho nitro benzene ring substituents is 1. The fourth-order valence-corrected chi connectivity index (χ4v) is 1.46. The van der Waals surface area contributed by atoms with Crippen LogP contribution in [0.4, 0.5) is 5.69 Å². The van der Waals surface area contributed by atoms with Crippen LogP contribution in [0.15, 0.2) is 29.8 Å². The van der Waals surface area contributed by atoms with Crippen LogP contribution in [0.5, 0.6) is 0 Å². The molecule has 1 rings (SSSR count). The lowest BCUT2D eigenvalue weighted by Gasteiger charge is -2.05. The van der Waals surface area contributed by atoms with Gasteiger partial charge in [-0.1, -0.05) is 0 Å². The number of nitrogens with zero attached hydrogens (tertiary/aromatic N) is 1. The molecule has 7 heteroatoms. The number of esters is 1. The fraction of sp³-hybridized carbons (Fsp3) is 0.286. The molecule has 1 aromatic carbocycles. The smallest absolute Gasteiger partial charge is 0.341 e. The maximum atomic E-state index is 11.8. The van der Waals surface area contributed by atoms with E-state index in [0.29, 0.717) is 5.56 Å². The van der Waals surface area contributed by atoms with Crippen LogP contribution < -0.4 is 0 Å². The van der Waals surface area contributed by atoms with Crippen molar-refractivity contribution in [1.29, 1.82) is 0 Å². The van der Waals surface area contributed by atoms with Crippen LogP contribution in [0.25, 0.3) is 6.08 Å². The van der Waals surface area contributed by atoms with E-state index >= 15 is 0 Å². The second-order valence-corrected chi connectivity index (χ2v) is 4.09. The molecular weight excluding hydrogens is 278 g/mol. The normalized spacial score (nSPS) is 11.0. The molecule has 112 valence electrons. The maximum Gasteiger partial charge on any atom is 0.341 e. The Bertz CT molecular complexity index is 561. The number of carbonyl (C=O) groups is 2. The van der Waals surface area contributed by atoms with Gasteiger partial charge in [-0.15, -0.1) is 0 Å². The van der Waals surface area contributed by atoms with Gasteiger partial charge in [0.25, 0.3) is 5.69 Å². The molecule has 0 saturated heterocycles. The Morgan fingerprint density at radius 2 is 1.86 bits per heavy atom. The molecule has 21 heavy (non-hydrogen) atoms. The molecule has 0 amide bonds. The molecule has 0 heterocycles. The molecule has 0 aliphatic heterocycles. The van der Waals surface area contributed by atoms with Crippen molar-refractivity contribution < 1.29 is 24.0 Å². The standard InChI is InChI=1S/C14H15NO6/c1-10(16)13(14(17)21-8-7-20-2)9-11-3-5-12(6-4-11)15(18)19/h3-6,9H,7-8H2,1-2H3/b13-9-. The van der Waals surface area contributed by atoms with Gasteiger partial charge in [-0.25, -0.2) is 4.79 Å². The summed E-state index contributed by atoms with van der Waals surface area (Å²) in [5.41, 5.74) is 0.300. The minimum atomic E-state index is -0.752. The number of carbonyl (C=O) groups excluding carboxylic acids is 2. The first-order valence-corrected chi connectivity index (χ1v) is 6.09. The van der Waals surface area contributed by atoms with Gasteiger partial charge >= 0.3 is 5.97 Å². The fourth-order valence-electron chi connectivity index (χ4n) is 1.46. The Kier molecular flexibility index (Phi) is 6.22. The minimum Gasteiger partial charge on any atom is -0.460 e. The Labute approximate surface area is 121 Å². The summed E-state index contributed by atoms with van der Waals surface area (Å²) in [6, 6.07) is 5.48. The molecule has 7 nitrogen and oxygen atoms in total. The lowest BCUT2D eigenvalue weighted by atomic mass is 10.1. The number of rotatable bonds is 7. The van der Waals surface area contributed by atoms with Crippen molar-refractivity contribution in [2.45, 2.75) is 6.92 Å². The van der Waals surface area contributed by atoms with Crippen LogP contribution in [0.1, 0.15) is 12.5 Å². The van der Waals surface area contributed by atoms with E-state index in [1.165, 1.54) is 44.4 Å². The molecule has 0 aliphatic carbocycles. The van der Waals surface area contributed by atoms with Crippen LogP contribution in [-0.2, 0) is 19.1 Å². The lowest BCUT2D eigenvalue weighted by molar-refractivity contribution is -0.384. The van der Waals surface area contributed by atoms with Crippen molar-refractivity contribution in [2.24, 2.45) is 0 Å². The second kappa shape index (κ2) is 7.91. The molecule has 0 bridgehead atoms. The number of hydrogen-bond acceptors (Lipinski definition) is 6. The van der Waals surface area contributed by atoms with E-state index in [2.05, 4.69) is 0 Å². The van der Waals surface area contributed by atoms with Gasteiger partial charge in [0.1, 0.15) is 12.2 Å². The molecule has 0 N–H and O–H groups in total. The highest BCUT2D eigenvalue weighted by molar-refractivity contribution is 6.19. The SMILES string of the molecule is COCCOC(=O)/C(=C\c1ccc([N+](=O)[O-])cc1)C(C)=O. The number of benzene rings is 1. The first kappa shape index (κ1) is 16.5. The summed E-state index contributed by atoms with van der Waals surface area (Å²) < 4.78 is 9.62. The van der Waals surface area contributed by atoms with Crippen LogP contribution in [0.3, 0.4) is 0 Å². The van der Waals surface area contributed by atoms with Crippen LogP contribution in [0, 0.1) is 10.1 Å². The highest BCUT2D eigenvalue weighted by atomic mass is 16.6. The van der Waals surface area contributed by atoms with E-state index in [1.54, 1.807) is 0 Å². The molecular formula is C14H15NO6. The summed E-state index contributed by atoms with van der Waals surface area (Å²) in [6.07, 6.45) is 1.33. The van der Waals surface area contributed by atoms with Crippen LogP contribution >= 0.6 is 0 Å². The molecule has 0 spiro atoms. The van der Waals surface area contributed by atoms with E-state index in [9.17, 15) is 19.7 Å². The summed E-state index contributed by atoms with van der Waals surface area (Å²) in [5.74, 6) is -1.20. The molecule has 0 radical (unpaired) electrons. The van der Waals surface area contributed by atoms with Crippen molar-refractivity contribution in [3.05, 3.63) is 45.5 Å². The highest BCUT2D eigenvalue weighted by Crippen LogP contribution is 2.15. The minimum absolute atomic E-state index is 0.0419. The van der Waals surface area contributed by atoms with Gasteiger partial charge in [-0.3, -0.25) is 14.9 Å². The van der Waals surface area contributed by atoms with Crippen molar-refractivity contribution >= 4 is 23.5 Å². The maximum absolute atomic E-state index is 11.8. The van der Waals surface area contributed by atoms with Gasteiger partial charge in [0, 0.05) is 19.2 Å². The van der Waals surface area contributed by atoms with Gasteiger partial charge in [0.2, 0.25) is 0 Å². The number of ether oxygens (including phenoxy) is 2. The number of nitro groups is 1. The first-order valence-electron chi connectivity index (χ1n) is 6.09. The molecule has 0 fully saturated rings. The summed E-state index contributed by atoms with van der Waals surface area (Å²) in [5, 5.41) is 10.5. The topological polar surface area (TPSA) is 95.7 Å². The third kappa shape index (κ3) is 5.15. The Morgan fingerprint density at radius 1 is 1.24 bits per heavy atom. The Morgan fingerprint density at radius 3 is 2.33 bits per heavy atom. The third-order valence-electron chi connectivity index (χ3n) is 2.53. The molecule has 1 aromatic rings. The van der Waals surface area contributed by atoms with E-state index in [0.717, 1.165) is 0 Å². The molecule has 0 atom stereocenters. The van der Waals surface area contributed by atoms with Crippen LogP contribution in [-0.4, -0.2) is 37.0 Å². The first-order chi connectivity index (χ1) is 9.95.